The van der Waals surface area contributed by atoms with Crippen molar-refractivity contribution in [1.82, 2.24) is 5.32 Å². The second-order valence-corrected chi connectivity index (χ2v) is 3.83. The molecule has 0 saturated carbocycles. The maximum Gasteiger partial charge on any atom is 0.252 e. The summed E-state index contributed by atoms with van der Waals surface area (Å²) >= 11 is 0. The molecular weight excluding hydrogens is 222 g/mol. The first-order valence-corrected chi connectivity index (χ1v) is 5.68. The lowest BCUT2D eigenvalue weighted by atomic mass is 10.0. The predicted octanol–water partition coefficient (Wildman–Crippen LogP) is 2.72. The van der Waals surface area contributed by atoms with Gasteiger partial charge in [-0.05, 0) is 23.3 Å². The van der Waals surface area contributed by atoms with Crippen LogP contribution in [0.3, 0.4) is 0 Å². The maximum absolute atomic E-state index is 11.8. The van der Waals surface area contributed by atoms with Gasteiger partial charge in [-0.25, -0.2) is 0 Å². The van der Waals surface area contributed by atoms with Gasteiger partial charge in [0.2, 0.25) is 0 Å². The van der Waals surface area contributed by atoms with Crippen LogP contribution in [0.15, 0.2) is 54.6 Å². The molecule has 0 aromatic heterocycles. The number of amides is 1. The Balaban J connectivity index is 2.26. The number of hydrogen-bond acceptors (Lipinski definition) is 1. The van der Waals surface area contributed by atoms with Crippen molar-refractivity contribution >= 4 is 5.91 Å². The first-order chi connectivity index (χ1) is 8.81. The fraction of sp³-hybridized carbons (Fsp3) is 0.0625. The second-order valence-electron chi connectivity index (χ2n) is 3.83. The van der Waals surface area contributed by atoms with Gasteiger partial charge in [0, 0.05) is 5.56 Å². The number of carbonyl (C=O) groups excluding carboxylic acids is 1. The van der Waals surface area contributed by atoms with Crippen molar-refractivity contribution in [3.05, 3.63) is 60.2 Å². The molecule has 2 heteroatoms. The Hall–Kier alpha value is -2.53. The number of nitrogens with one attached hydrogen (secondary N) is 1. The van der Waals surface area contributed by atoms with Crippen molar-refractivity contribution in [3.8, 4) is 23.5 Å². The van der Waals surface area contributed by atoms with E-state index >= 15 is 0 Å². The third kappa shape index (κ3) is 2.78. The minimum Gasteiger partial charge on any atom is -0.341 e. The molecule has 0 bridgehead atoms. The molecule has 0 saturated heterocycles. The lowest BCUT2D eigenvalue weighted by Crippen LogP contribution is -2.23. The molecule has 0 fully saturated rings. The zero-order chi connectivity index (χ0) is 12.8. The largest absolute Gasteiger partial charge is 0.341 e. The minimum absolute atomic E-state index is 0.147. The predicted molar refractivity (Wildman–Crippen MR) is 73.0 cm³/mol. The molecule has 0 heterocycles. The summed E-state index contributed by atoms with van der Waals surface area (Å²) in [5, 5.41) is 2.65. The molecular formula is C16H13NO. The van der Waals surface area contributed by atoms with E-state index in [2.05, 4.69) is 11.2 Å². The highest BCUT2D eigenvalue weighted by Gasteiger charge is 2.05. The highest BCUT2D eigenvalue weighted by molar-refractivity contribution is 5.95. The van der Waals surface area contributed by atoms with Crippen molar-refractivity contribution < 1.29 is 4.79 Å². The van der Waals surface area contributed by atoms with Crippen LogP contribution >= 0.6 is 0 Å². The van der Waals surface area contributed by atoms with Crippen molar-refractivity contribution in [1.29, 1.82) is 0 Å². The monoisotopic (exact) mass is 235 g/mol. The standard InChI is InChI=1S/C16H13NO/c1-2-11-17-16(18)15-10-6-9-14(12-15)13-7-4-3-5-8-13/h1,3-10,12H,11H2,(H,17,18). The van der Waals surface area contributed by atoms with Gasteiger partial charge in [-0.1, -0.05) is 48.4 Å². The third-order valence-corrected chi connectivity index (χ3v) is 2.58. The number of carbonyl (C=O) groups is 1. The molecule has 2 rings (SSSR count). The summed E-state index contributed by atoms with van der Waals surface area (Å²) in [5.41, 5.74) is 2.72. The van der Waals surface area contributed by atoms with Crippen molar-refractivity contribution in [3.63, 3.8) is 0 Å². The number of rotatable bonds is 3. The van der Waals surface area contributed by atoms with Crippen molar-refractivity contribution in [2.75, 3.05) is 6.54 Å². The van der Waals surface area contributed by atoms with Crippen molar-refractivity contribution in [2.45, 2.75) is 0 Å². The van der Waals surface area contributed by atoms with Crippen molar-refractivity contribution in [2.24, 2.45) is 0 Å². The summed E-state index contributed by atoms with van der Waals surface area (Å²) in [6, 6.07) is 17.4. The van der Waals surface area contributed by atoms with Gasteiger partial charge in [0.25, 0.3) is 5.91 Å². The van der Waals surface area contributed by atoms with E-state index in [0.717, 1.165) is 11.1 Å². The fourth-order valence-electron chi connectivity index (χ4n) is 1.70. The highest BCUT2D eigenvalue weighted by Crippen LogP contribution is 2.19. The summed E-state index contributed by atoms with van der Waals surface area (Å²) in [6.07, 6.45) is 5.11. The lowest BCUT2D eigenvalue weighted by Gasteiger charge is -2.05. The normalized spacial score (nSPS) is 9.50. The minimum atomic E-state index is -0.147. The number of terminal acetylenes is 1. The first kappa shape index (κ1) is 11.9. The van der Waals surface area contributed by atoms with Gasteiger partial charge in [-0.15, -0.1) is 6.42 Å². The molecule has 1 N–H and O–H groups in total. The molecule has 0 aliphatic rings. The molecule has 0 radical (unpaired) electrons. The molecule has 0 unspecified atom stereocenters. The van der Waals surface area contributed by atoms with Crippen LogP contribution in [0.4, 0.5) is 0 Å². The van der Waals surface area contributed by atoms with E-state index in [1.165, 1.54) is 0 Å². The third-order valence-electron chi connectivity index (χ3n) is 2.58. The van der Waals surface area contributed by atoms with Gasteiger partial charge in [0.1, 0.15) is 0 Å². The number of hydrogen-bond donors (Lipinski definition) is 1. The van der Waals surface area contributed by atoms with Gasteiger partial charge in [-0.3, -0.25) is 4.79 Å². The number of benzene rings is 2. The quantitative estimate of drug-likeness (QED) is 0.814. The van der Waals surface area contributed by atoms with Gasteiger partial charge in [0.05, 0.1) is 6.54 Å². The van der Waals surface area contributed by atoms with Gasteiger partial charge < -0.3 is 5.32 Å². The van der Waals surface area contributed by atoms with Gasteiger partial charge in [0.15, 0.2) is 0 Å². The second kappa shape index (κ2) is 5.70. The van der Waals surface area contributed by atoms with E-state index in [4.69, 9.17) is 6.42 Å². The molecule has 18 heavy (non-hydrogen) atoms. The van der Waals surface area contributed by atoms with Crippen LogP contribution < -0.4 is 5.32 Å². The van der Waals surface area contributed by atoms with Gasteiger partial charge >= 0.3 is 0 Å². The topological polar surface area (TPSA) is 29.1 Å². The average molecular weight is 235 g/mol. The Bertz CT molecular complexity index is 582. The highest BCUT2D eigenvalue weighted by atomic mass is 16.1. The van der Waals surface area contributed by atoms with Crippen LogP contribution in [0.25, 0.3) is 11.1 Å². The van der Waals surface area contributed by atoms with E-state index in [1.54, 1.807) is 6.07 Å². The molecule has 0 atom stereocenters. The zero-order valence-corrected chi connectivity index (χ0v) is 9.89. The van der Waals surface area contributed by atoms with Crippen LogP contribution in [0.2, 0.25) is 0 Å². The SMILES string of the molecule is C#CCNC(=O)c1cccc(-c2ccccc2)c1. The molecule has 88 valence electrons. The Morgan fingerprint density at radius 2 is 1.78 bits per heavy atom. The Morgan fingerprint density at radius 1 is 1.06 bits per heavy atom. The molecule has 2 aromatic carbocycles. The Labute approximate surface area is 107 Å². The van der Waals surface area contributed by atoms with Gasteiger partial charge in [-0.2, -0.15) is 0 Å². The van der Waals surface area contributed by atoms with E-state index in [-0.39, 0.29) is 12.5 Å². The first-order valence-electron chi connectivity index (χ1n) is 5.68. The molecule has 0 aliphatic carbocycles. The van der Waals surface area contributed by atoms with E-state index < -0.39 is 0 Å². The maximum atomic E-state index is 11.8. The van der Waals surface area contributed by atoms with E-state index in [1.807, 2.05) is 48.5 Å². The van der Waals surface area contributed by atoms with Crippen LogP contribution in [0.5, 0.6) is 0 Å². The van der Waals surface area contributed by atoms with Crippen LogP contribution in [0, 0.1) is 12.3 Å². The smallest absolute Gasteiger partial charge is 0.252 e. The molecule has 2 aromatic rings. The summed E-state index contributed by atoms with van der Waals surface area (Å²) in [4.78, 5) is 11.8. The molecule has 1 amide bonds. The molecule has 2 nitrogen and oxygen atoms in total. The molecule has 0 spiro atoms. The summed E-state index contributed by atoms with van der Waals surface area (Å²) in [7, 11) is 0. The lowest BCUT2D eigenvalue weighted by molar-refractivity contribution is 0.0959. The zero-order valence-electron chi connectivity index (χ0n) is 9.89. The van der Waals surface area contributed by atoms with Crippen LogP contribution in [-0.4, -0.2) is 12.5 Å². The summed E-state index contributed by atoms with van der Waals surface area (Å²) < 4.78 is 0. The fourth-order valence-corrected chi connectivity index (χ4v) is 1.70. The van der Waals surface area contributed by atoms with E-state index in [9.17, 15) is 4.79 Å². The van der Waals surface area contributed by atoms with Crippen LogP contribution in [0.1, 0.15) is 10.4 Å². The molecule has 0 aliphatic heterocycles. The van der Waals surface area contributed by atoms with Crippen LogP contribution in [-0.2, 0) is 0 Å². The Kier molecular flexibility index (Phi) is 3.78. The van der Waals surface area contributed by atoms with E-state index in [0.29, 0.717) is 5.56 Å². The Morgan fingerprint density at radius 3 is 2.50 bits per heavy atom. The summed E-state index contributed by atoms with van der Waals surface area (Å²) in [6.45, 7) is 0.244. The summed E-state index contributed by atoms with van der Waals surface area (Å²) in [5.74, 6) is 2.24. The average Bonchev–Trinajstić information content (AvgIpc) is 2.46.